The largest absolute Gasteiger partial charge is 0.341 e. The van der Waals surface area contributed by atoms with Crippen LogP contribution >= 0.6 is 23.2 Å². The number of nitrogens with zero attached hydrogens (tertiary/aromatic N) is 4. The molecular formula is C13H13Cl2FN4. The van der Waals surface area contributed by atoms with E-state index in [1.54, 1.807) is 6.07 Å². The molecule has 0 saturated carbocycles. The molecular weight excluding hydrogens is 302 g/mol. The molecule has 2 rings (SSSR count). The molecule has 0 spiro atoms. The zero-order chi connectivity index (χ0) is 14.7. The van der Waals surface area contributed by atoms with Gasteiger partial charge in [0, 0.05) is 18.1 Å². The van der Waals surface area contributed by atoms with Crippen molar-refractivity contribution in [3.8, 4) is 11.4 Å². The normalized spacial score (nSPS) is 10.7. The van der Waals surface area contributed by atoms with E-state index in [0.29, 0.717) is 11.0 Å². The first-order chi connectivity index (χ1) is 9.55. The summed E-state index contributed by atoms with van der Waals surface area (Å²) in [5.41, 5.74) is 0.243. The Hall–Kier alpha value is -1.46. The maximum absolute atomic E-state index is 13.9. The van der Waals surface area contributed by atoms with Crippen LogP contribution in [0.25, 0.3) is 11.4 Å². The number of aromatic nitrogens is 3. The van der Waals surface area contributed by atoms with Crippen molar-refractivity contribution in [1.82, 2.24) is 15.0 Å². The molecule has 0 bridgehead atoms. The standard InChI is InChI=1S/C13H13Cl2FN4/c1-3-20(4-2)13-18-11(17-12(15)19-13)9-6-5-8(14)7-10(9)16/h5-7H,3-4H2,1-2H3. The molecule has 7 heteroatoms. The van der Waals surface area contributed by atoms with Crippen LogP contribution < -0.4 is 4.90 Å². The third kappa shape index (κ3) is 3.16. The van der Waals surface area contributed by atoms with Gasteiger partial charge in [0.2, 0.25) is 11.2 Å². The minimum absolute atomic E-state index is 0.0336. The summed E-state index contributed by atoms with van der Waals surface area (Å²) in [7, 11) is 0. The molecule has 0 atom stereocenters. The molecule has 1 aromatic carbocycles. The summed E-state index contributed by atoms with van der Waals surface area (Å²) in [5, 5.41) is 0.349. The summed E-state index contributed by atoms with van der Waals surface area (Å²) in [4.78, 5) is 14.2. The van der Waals surface area contributed by atoms with E-state index in [1.807, 2.05) is 18.7 Å². The quantitative estimate of drug-likeness (QED) is 0.860. The molecule has 0 amide bonds. The summed E-state index contributed by atoms with van der Waals surface area (Å²) < 4.78 is 13.9. The molecule has 4 nitrogen and oxygen atoms in total. The van der Waals surface area contributed by atoms with Gasteiger partial charge in [-0.05, 0) is 43.6 Å². The summed E-state index contributed by atoms with van der Waals surface area (Å²) in [6.07, 6.45) is 0. The van der Waals surface area contributed by atoms with E-state index in [4.69, 9.17) is 23.2 Å². The molecule has 0 fully saturated rings. The first-order valence-corrected chi connectivity index (χ1v) is 6.92. The second-order valence-electron chi connectivity index (χ2n) is 4.02. The summed E-state index contributed by atoms with van der Waals surface area (Å²) in [6, 6.07) is 4.32. The van der Waals surface area contributed by atoms with Gasteiger partial charge in [0.05, 0.1) is 5.56 Å². The Morgan fingerprint density at radius 1 is 1.10 bits per heavy atom. The second-order valence-corrected chi connectivity index (χ2v) is 4.80. The zero-order valence-corrected chi connectivity index (χ0v) is 12.6. The Kier molecular flexibility index (Phi) is 4.73. The molecule has 0 saturated heterocycles. The molecule has 0 aliphatic heterocycles. The van der Waals surface area contributed by atoms with Crippen LogP contribution in [0.15, 0.2) is 18.2 Å². The average Bonchev–Trinajstić information content (AvgIpc) is 2.39. The van der Waals surface area contributed by atoms with Crippen LogP contribution in [0.3, 0.4) is 0 Å². The molecule has 0 unspecified atom stereocenters. The van der Waals surface area contributed by atoms with E-state index in [2.05, 4.69) is 15.0 Å². The van der Waals surface area contributed by atoms with Crippen LogP contribution in [-0.4, -0.2) is 28.0 Å². The Morgan fingerprint density at radius 2 is 1.80 bits per heavy atom. The fraction of sp³-hybridized carbons (Fsp3) is 0.308. The number of hydrogen-bond donors (Lipinski definition) is 0. The van der Waals surface area contributed by atoms with Gasteiger partial charge in [-0.1, -0.05) is 11.6 Å². The first-order valence-electron chi connectivity index (χ1n) is 6.17. The highest BCUT2D eigenvalue weighted by Gasteiger charge is 2.14. The van der Waals surface area contributed by atoms with Gasteiger partial charge in [0.15, 0.2) is 5.82 Å². The van der Waals surface area contributed by atoms with Crippen LogP contribution in [-0.2, 0) is 0 Å². The van der Waals surface area contributed by atoms with Crippen molar-refractivity contribution in [3.63, 3.8) is 0 Å². The molecule has 106 valence electrons. The predicted molar refractivity (Wildman–Crippen MR) is 78.8 cm³/mol. The fourth-order valence-corrected chi connectivity index (χ4v) is 2.09. The second kappa shape index (κ2) is 6.33. The predicted octanol–water partition coefficient (Wildman–Crippen LogP) is 3.83. The van der Waals surface area contributed by atoms with Crippen LogP contribution in [0.5, 0.6) is 0 Å². The third-order valence-electron chi connectivity index (χ3n) is 2.81. The topological polar surface area (TPSA) is 41.9 Å². The lowest BCUT2D eigenvalue weighted by atomic mass is 10.2. The molecule has 0 radical (unpaired) electrons. The zero-order valence-electron chi connectivity index (χ0n) is 11.1. The van der Waals surface area contributed by atoms with Gasteiger partial charge in [0.1, 0.15) is 5.82 Å². The SMILES string of the molecule is CCN(CC)c1nc(Cl)nc(-c2ccc(Cl)cc2F)n1. The van der Waals surface area contributed by atoms with Crippen LogP contribution in [0.1, 0.15) is 13.8 Å². The fourth-order valence-electron chi connectivity index (χ4n) is 1.78. The Labute approximate surface area is 126 Å². The van der Waals surface area contributed by atoms with Crippen LogP contribution in [0, 0.1) is 5.82 Å². The monoisotopic (exact) mass is 314 g/mol. The smallest absolute Gasteiger partial charge is 0.230 e. The van der Waals surface area contributed by atoms with Gasteiger partial charge in [-0.2, -0.15) is 15.0 Å². The van der Waals surface area contributed by atoms with E-state index in [-0.39, 0.29) is 16.7 Å². The molecule has 1 aromatic heterocycles. The minimum Gasteiger partial charge on any atom is -0.341 e. The van der Waals surface area contributed by atoms with Gasteiger partial charge in [-0.15, -0.1) is 0 Å². The molecule has 0 aliphatic rings. The first kappa shape index (κ1) is 14.9. The van der Waals surface area contributed by atoms with Gasteiger partial charge in [0.25, 0.3) is 0 Å². The van der Waals surface area contributed by atoms with Crippen molar-refractivity contribution in [2.24, 2.45) is 0 Å². The Morgan fingerprint density at radius 3 is 2.40 bits per heavy atom. The Balaban J connectivity index is 2.51. The molecule has 2 aromatic rings. The van der Waals surface area contributed by atoms with Crippen molar-refractivity contribution < 1.29 is 4.39 Å². The lowest BCUT2D eigenvalue weighted by molar-refractivity contribution is 0.629. The molecule has 0 aliphatic carbocycles. The highest BCUT2D eigenvalue weighted by Crippen LogP contribution is 2.24. The Bertz CT molecular complexity index is 617. The van der Waals surface area contributed by atoms with Gasteiger partial charge in [-0.25, -0.2) is 4.39 Å². The average molecular weight is 315 g/mol. The number of halogens is 3. The summed E-state index contributed by atoms with van der Waals surface area (Å²) in [6.45, 7) is 5.40. The maximum atomic E-state index is 13.9. The minimum atomic E-state index is -0.495. The third-order valence-corrected chi connectivity index (χ3v) is 3.22. The van der Waals surface area contributed by atoms with E-state index < -0.39 is 5.82 Å². The lowest BCUT2D eigenvalue weighted by Crippen LogP contribution is -2.24. The van der Waals surface area contributed by atoms with Crippen LogP contribution in [0.4, 0.5) is 10.3 Å². The van der Waals surface area contributed by atoms with E-state index in [0.717, 1.165) is 13.1 Å². The summed E-state index contributed by atoms with van der Waals surface area (Å²) >= 11 is 11.6. The lowest BCUT2D eigenvalue weighted by Gasteiger charge is -2.18. The van der Waals surface area contributed by atoms with Crippen molar-refractivity contribution in [2.75, 3.05) is 18.0 Å². The van der Waals surface area contributed by atoms with Crippen LogP contribution in [0.2, 0.25) is 10.3 Å². The van der Waals surface area contributed by atoms with E-state index in [1.165, 1.54) is 12.1 Å². The number of anilines is 1. The van der Waals surface area contributed by atoms with E-state index >= 15 is 0 Å². The number of hydrogen-bond acceptors (Lipinski definition) is 4. The van der Waals surface area contributed by atoms with Gasteiger partial charge in [-0.3, -0.25) is 0 Å². The number of benzene rings is 1. The molecule has 20 heavy (non-hydrogen) atoms. The van der Waals surface area contributed by atoms with E-state index in [9.17, 15) is 4.39 Å². The highest BCUT2D eigenvalue weighted by atomic mass is 35.5. The van der Waals surface area contributed by atoms with Crippen molar-refractivity contribution in [1.29, 1.82) is 0 Å². The summed E-state index contributed by atoms with van der Waals surface area (Å²) in [5.74, 6) is 0.130. The highest BCUT2D eigenvalue weighted by molar-refractivity contribution is 6.30. The molecule has 0 N–H and O–H groups in total. The van der Waals surface area contributed by atoms with Crippen molar-refractivity contribution in [3.05, 3.63) is 34.3 Å². The molecule has 1 heterocycles. The van der Waals surface area contributed by atoms with Crippen molar-refractivity contribution in [2.45, 2.75) is 13.8 Å². The van der Waals surface area contributed by atoms with Crippen molar-refractivity contribution >= 4 is 29.2 Å². The van der Waals surface area contributed by atoms with Gasteiger partial charge < -0.3 is 4.90 Å². The maximum Gasteiger partial charge on any atom is 0.230 e. The van der Waals surface area contributed by atoms with Gasteiger partial charge >= 0.3 is 0 Å². The number of rotatable bonds is 4.